The van der Waals surface area contributed by atoms with E-state index in [1.165, 1.54) is 0 Å². The highest BCUT2D eigenvalue weighted by Gasteiger charge is 2.24. The number of rotatable bonds is 9. The van der Waals surface area contributed by atoms with Gasteiger partial charge in [-0.25, -0.2) is 0 Å². The molecule has 1 aliphatic heterocycles. The minimum atomic E-state index is -0.974. The lowest BCUT2D eigenvalue weighted by molar-refractivity contribution is -0.137. The quantitative estimate of drug-likeness (QED) is 0.534. The molecule has 0 aromatic heterocycles. The van der Waals surface area contributed by atoms with Crippen molar-refractivity contribution in [2.45, 2.75) is 45.4 Å². The van der Waals surface area contributed by atoms with Gasteiger partial charge in [-0.05, 0) is 24.6 Å². The molecule has 1 amide bonds. The van der Waals surface area contributed by atoms with Gasteiger partial charge in [0.15, 0.2) is 12.4 Å². The van der Waals surface area contributed by atoms with Crippen LogP contribution in [0.5, 0.6) is 5.75 Å². The lowest BCUT2D eigenvalue weighted by Crippen LogP contribution is -2.26. The smallest absolute Gasteiger partial charge is 0.304 e. The van der Waals surface area contributed by atoms with E-state index >= 15 is 0 Å². The number of anilines is 1. The average molecular weight is 333 g/mol. The molecule has 1 unspecified atom stereocenters. The summed E-state index contributed by atoms with van der Waals surface area (Å²) in [7, 11) is 0. The molecule has 0 spiro atoms. The maximum absolute atomic E-state index is 12.7. The predicted molar refractivity (Wildman–Crippen MR) is 89.4 cm³/mol. The second-order valence-corrected chi connectivity index (χ2v) is 6.06. The van der Waals surface area contributed by atoms with Crippen molar-refractivity contribution < 1.29 is 24.2 Å². The number of carboxylic acid groups (broad SMARTS) is 1. The van der Waals surface area contributed by atoms with Gasteiger partial charge in [-0.2, -0.15) is 0 Å². The third-order valence-electron chi connectivity index (χ3n) is 4.09. The predicted octanol–water partition coefficient (Wildman–Crippen LogP) is 3.26. The molecular formula is C18H23NO5. The Morgan fingerprint density at radius 2 is 2.08 bits per heavy atom. The molecule has 2 N–H and O–H groups in total. The number of aliphatic carboxylic acids is 1. The highest BCUT2D eigenvalue weighted by molar-refractivity contribution is 6.02. The van der Waals surface area contributed by atoms with Crippen LogP contribution in [0.4, 0.5) is 5.69 Å². The molecule has 0 saturated carbocycles. The van der Waals surface area contributed by atoms with Gasteiger partial charge in [-0.1, -0.05) is 32.6 Å². The number of ether oxygens (including phenoxy) is 1. The first-order chi connectivity index (χ1) is 11.5. The summed E-state index contributed by atoms with van der Waals surface area (Å²) < 4.78 is 5.27. The third-order valence-corrected chi connectivity index (χ3v) is 4.09. The standard InChI is InChI=1S/C18H23NO5/c1-2-3-4-5-6-12(10-17(21)22)18(23)13-7-8-15-14(9-13)19-16(20)11-24-15/h7-9,12H,2-6,10-11H2,1H3,(H,19,20)(H,21,22). The summed E-state index contributed by atoms with van der Waals surface area (Å²) in [4.78, 5) is 35.2. The van der Waals surface area contributed by atoms with E-state index in [-0.39, 0.29) is 24.7 Å². The van der Waals surface area contributed by atoms with Gasteiger partial charge in [-0.15, -0.1) is 0 Å². The van der Waals surface area contributed by atoms with Crippen LogP contribution in [0, 0.1) is 5.92 Å². The zero-order chi connectivity index (χ0) is 17.5. The number of ketones is 1. The summed E-state index contributed by atoms with van der Waals surface area (Å²) >= 11 is 0. The highest BCUT2D eigenvalue weighted by atomic mass is 16.5. The maximum atomic E-state index is 12.7. The third kappa shape index (κ3) is 4.81. The van der Waals surface area contributed by atoms with Crippen LogP contribution in [0.15, 0.2) is 18.2 Å². The van der Waals surface area contributed by atoms with Crippen LogP contribution in [0.25, 0.3) is 0 Å². The van der Waals surface area contributed by atoms with E-state index in [0.717, 1.165) is 25.7 Å². The SMILES string of the molecule is CCCCCCC(CC(=O)O)C(=O)c1ccc2c(c1)NC(=O)CO2. The lowest BCUT2D eigenvalue weighted by Gasteiger charge is -2.19. The molecular weight excluding hydrogens is 310 g/mol. The Labute approximate surface area is 141 Å². The molecule has 0 bridgehead atoms. The second-order valence-electron chi connectivity index (χ2n) is 6.06. The first-order valence-corrected chi connectivity index (χ1v) is 8.34. The fraction of sp³-hybridized carbons (Fsp3) is 0.500. The van der Waals surface area contributed by atoms with Crippen molar-refractivity contribution in [3.05, 3.63) is 23.8 Å². The largest absolute Gasteiger partial charge is 0.482 e. The monoisotopic (exact) mass is 333 g/mol. The van der Waals surface area contributed by atoms with Crippen LogP contribution in [-0.4, -0.2) is 29.4 Å². The zero-order valence-electron chi connectivity index (χ0n) is 13.8. The van der Waals surface area contributed by atoms with Gasteiger partial charge in [0.2, 0.25) is 0 Å². The molecule has 1 aromatic carbocycles. The van der Waals surface area contributed by atoms with E-state index in [0.29, 0.717) is 23.4 Å². The van der Waals surface area contributed by atoms with E-state index < -0.39 is 11.9 Å². The fourth-order valence-electron chi connectivity index (χ4n) is 2.83. The Balaban J connectivity index is 2.11. The van der Waals surface area contributed by atoms with Gasteiger partial charge in [0.1, 0.15) is 5.75 Å². The van der Waals surface area contributed by atoms with Crippen LogP contribution in [0.2, 0.25) is 0 Å². The number of carboxylic acids is 1. The van der Waals surface area contributed by atoms with E-state index in [9.17, 15) is 14.4 Å². The number of unbranched alkanes of at least 4 members (excludes halogenated alkanes) is 3. The van der Waals surface area contributed by atoms with E-state index in [1.54, 1.807) is 18.2 Å². The molecule has 0 saturated heterocycles. The van der Waals surface area contributed by atoms with E-state index in [1.807, 2.05) is 0 Å². The van der Waals surface area contributed by atoms with Gasteiger partial charge in [0.05, 0.1) is 12.1 Å². The Morgan fingerprint density at radius 1 is 1.29 bits per heavy atom. The van der Waals surface area contributed by atoms with Gasteiger partial charge < -0.3 is 15.2 Å². The average Bonchev–Trinajstić information content (AvgIpc) is 2.56. The number of carbonyl (C=O) groups is 3. The first-order valence-electron chi connectivity index (χ1n) is 8.34. The summed E-state index contributed by atoms with van der Waals surface area (Å²) in [6.07, 6.45) is 4.38. The lowest BCUT2D eigenvalue weighted by atomic mass is 9.89. The molecule has 24 heavy (non-hydrogen) atoms. The molecule has 0 fully saturated rings. The Morgan fingerprint density at radius 3 is 2.79 bits per heavy atom. The summed E-state index contributed by atoms with van der Waals surface area (Å²) in [6, 6.07) is 4.83. The second kappa shape index (κ2) is 8.47. The van der Waals surface area contributed by atoms with Crippen LogP contribution >= 0.6 is 0 Å². The number of fused-ring (bicyclic) bond motifs is 1. The number of amides is 1. The number of hydrogen-bond acceptors (Lipinski definition) is 4. The van der Waals surface area contributed by atoms with Crippen LogP contribution < -0.4 is 10.1 Å². The van der Waals surface area contributed by atoms with Crippen LogP contribution in [-0.2, 0) is 9.59 Å². The van der Waals surface area contributed by atoms with E-state index in [2.05, 4.69) is 12.2 Å². The molecule has 0 aliphatic carbocycles. The highest BCUT2D eigenvalue weighted by Crippen LogP contribution is 2.30. The number of benzene rings is 1. The van der Waals surface area contributed by atoms with Gasteiger partial charge in [0, 0.05) is 11.5 Å². The van der Waals surface area contributed by atoms with Crippen LogP contribution in [0.1, 0.15) is 55.8 Å². The van der Waals surface area contributed by atoms with Gasteiger partial charge in [-0.3, -0.25) is 14.4 Å². The summed E-state index contributed by atoms with van der Waals surface area (Å²) in [5.41, 5.74) is 0.860. The summed E-state index contributed by atoms with van der Waals surface area (Å²) in [6.45, 7) is 2.06. The van der Waals surface area contributed by atoms with Crippen molar-refractivity contribution in [3.63, 3.8) is 0 Å². The van der Waals surface area contributed by atoms with Crippen molar-refractivity contribution in [3.8, 4) is 5.75 Å². The molecule has 1 aliphatic rings. The van der Waals surface area contributed by atoms with Crippen LogP contribution in [0.3, 0.4) is 0 Å². The number of carbonyl (C=O) groups excluding carboxylic acids is 2. The minimum absolute atomic E-state index is 0.0423. The van der Waals surface area contributed by atoms with Crippen molar-refractivity contribution >= 4 is 23.3 Å². The molecule has 130 valence electrons. The van der Waals surface area contributed by atoms with Gasteiger partial charge in [0.25, 0.3) is 5.91 Å². The molecule has 0 radical (unpaired) electrons. The molecule has 6 heteroatoms. The summed E-state index contributed by atoms with van der Waals surface area (Å²) in [5, 5.41) is 11.7. The molecule has 6 nitrogen and oxygen atoms in total. The zero-order valence-corrected chi connectivity index (χ0v) is 13.8. The topological polar surface area (TPSA) is 92.7 Å². The van der Waals surface area contributed by atoms with Gasteiger partial charge >= 0.3 is 5.97 Å². The van der Waals surface area contributed by atoms with Crippen molar-refractivity contribution in [2.75, 3.05) is 11.9 Å². The Kier molecular flexibility index (Phi) is 6.35. The van der Waals surface area contributed by atoms with Crippen molar-refractivity contribution in [2.24, 2.45) is 5.92 Å². The fourth-order valence-corrected chi connectivity index (χ4v) is 2.83. The van der Waals surface area contributed by atoms with Crippen molar-refractivity contribution in [1.29, 1.82) is 0 Å². The molecule has 1 heterocycles. The van der Waals surface area contributed by atoms with E-state index in [4.69, 9.17) is 9.84 Å². The molecule has 1 aromatic rings. The normalized spacial score (nSPS) is 14.3. The van der Waals surface area contributed by atoms with Crippen molar-refractivity contribution in [1.82, 2.24) is 0 Å². The number of hydrogen-bond donors (Lipinski definition) is 2. The molecule has 1 atom stereocenters. The molecule has 2 rings (SSSR count). The number of Topliss-reactive ketones (excluding diaryl/α,β-unsaturated/α-hetero) is 1. The Hall–Kier alpha value is -2.37. The first kappa shape index (κ1) is 18.0. The maximum Gasteiger partial charge on any atom is 0.304 e. The minimum Gasteiger partial charge on any atom is -0.482 e. The Bertz CT molecular complexity index is 626. The number of nitrogens with one attached hydrogen (secondary N) is 1. The summed E-state index contributed by atoms with van der Waals surface area (Å²) in [5.74, 6) is -1.47.